The van der Waals surface area contributed by atoms with Crippen LogP contribution >= 0.6 is 11.6 Å². The van der Waals surface area contributed by atoms with Crippen LogP contribution in [0.15, 0.2) is 54.6 Å². The summed E-state index contributed by atoms with van der Waals surface area (Å²) in [5, 5.41) is 3.68. The van der Waals surface area contributed by atoms with Crippen LogP contribution in [0.1, 0.15) is 22.0 Å². The molecule has 1 saturated heterocycles. The maximum atomic E-state index is 12.4. The third kappa shape index (κ3) is 4.35. The number of carbonyl (C=O) groups excluding carboxylic acids is 1. The first kappa shape index (κ1) is 17.0. The Morgan fingerprint density at radius 2 is 1.75 bits per heavy atom. The molecular formula is C19H21ClN2O2. The molecule has 0 spiro atoms. The summed E-state index contributed by atoms with van der Waals surface area (Å²) in [5.41, 5.74) is 1.82. The summed E-state index contributed by atoms with van der Waals surface area (Å²) in [6.45, 7) is 3.77. The SMILES string of the molecule is O=C(NCC(c1ccccc1)N1CCOCC1)c1ccc(Cl)cc1. The minimum absolute atomic E-state index is 0.0825. The lowest BCUT2D eigenvalue weighted by Crippen LogP contribution is -2.43. The van der Waals surface area contributed by atoms with Gasteiger partial charge in [-0.25, -0.2) is 0 Å². The number of rotatable bonds is 5. The average Bonchev–Trinajstić information content (AvgIpc) is 2.64. The fourth-order valence-electron chi connectivity index (χ4n) is 2.91. The maximum absolute atomic E-state index is 12.4. The smallest absolute Gasteiger partial charge is 0.251 e. The molecule has 1 aliphatic heterocycles. The van der Waals surface area contributed by atoms with Gasteiger partial charge in [-0.3, -0.25) is 9.69 Å². The highest BCUT2D eigenvalue weighted by molar-refractivity contribution is 6.30. The van der Waals surface area contributed by atoms with Crippen LogP contribution < -0.4 is 5.32 Å². The molecule has 1 amide bonds. The number of benzene rings is 2. The Labute approximate surface area is 147 Å². The van der Waals surface area contributed by atoms with Crippen molar-refractivity contribution in [3.8, 4) is 0 Å². The van der Waals surface area contributed by atoms with Crippen LogP contribution in [0.5, 0.6) is 0 Å². The van der Waals surface area contributed by atoms with Crippen LogP contribution in [0.3, 0.4) is 0 Å². The van der Waals surface area contributed by atoms with E-state index in [2.05, 4.69) is 22.3 Å². The van der Waals surface area contributed by atoms with E-state index in [-0.39, 0.29) is 11.9 Å². The van der Waals surface area contributed by atoms with Crippen LogP contribution in [0.25, 0.3) is 0 Å². The molecule has 4 nitrogen and oxygen atoms in total. The molecule has 0 aliphatic carbocycles. The first-order valence-corrected chi connectivity index (χ1v) is 8.52. The third-order valence-corrected chi connectivity index (χ3v) is 4.49. The normalized spacial score (nSPS) is 16.5. The summed E-state index contributed by atoms with van der Waals surface area (Å²) in [5.74, 6) is -0.0825. The second kappa shape index (κ2) is 8.29. The maximum Gasteiger partial charge on any atom is 0.251 e. The Hall–Kier alpha value is -1.88. The second-order valence-corrected chi connectivity index (χ2v) is 6.23. The predicted molar refractivity (Wildman–Crippen MR) is 95.4 cm³/mol. The number of nitrogens with one attached hydrogen (secondary N) is 1. The van der Waals surface area contributed by atoms with E-state index in [0.717, 1.165) is 26.3 Å². The lowest BCUT2D eigenvalue weighted by atomic mass is 10.0. The molecule has 0 radical (unpaired) electrons. The Balaban J connectivity index is 1.69. The zero-order valence-corrected chi connectivity index (χ0v) is 14.2. The summed E-state index contributed by atoms with van der Waals surface area (Å²) in [6, 6.07) is 17.4. The van der Waals surface area contributed by atoms with Gasteiger partial charge in [0.1, 0.15) is 0 Å². The number of amides is 1. The summed E-state index contributed by atoms with van der Waals surface area (Å²) in [7, 11) is 0. The van der Waals surface area contributed by atoms with Crippen LogP contribution in [0.2, 0.25) is 5.02 Å². The molecule has 2 aromatic rings. The van der Waals surface area contributed by atoms with Crippen LogP contribution in [0, 0.1) is 0 Å². The first-order chi connectivity index (χ1) is 11.7. The largest absolute Gasteiger partial charge is 0.379 e. The number of nitrogens with zero attached hydrogens (tertiary/aromatic N) is 1. The van der Waals surface area contributed by atoms with Crippen molar-refractivity contribution in [2.45, 2.75) is 6.04 Å². The zero-order valence-electron chi connectivity index (χ0n) is 13.5. The standard InChI is InChI=1S/C19H21ClN2O2/c20-17-8-6-16(7-9-17)19(23)21-14-18(15-4-2-1-3-5-15)22-10-12-24-13-11-22/h1-9,18H,10-14H2,(H,21,23). The highest BCUT2D eigenvalue weighted by Crippen LogP contribution is 2.21. The van der Waals surface area contributed by atoms with E-state index in [1.165, 1.54) is 5.56 Å². The minimum atomic E-state index is -0.0825. The number of ether oxygens (including phenoxy) is 1. The van der Waals surface area contributed by atoms with E-state index in [1.807, 2.05) is 18.2 Å². The van der Waals surface area contributed by atoms with Crippen LogP contribution in [0.4, 0.5) is 0 Å². The van der Waals surface area contributed by atoms with E-state index < -0.39 is 0 Å². The highest BCUT2D eigenvalue weighted by atomic mass is 35.5. The van der Waals surface area contributed by atoms with Crippen LogP contribution in [-0.4, -0.2) is 43.7 Å². The van der Waals surface area contributed by atoms with E-state index in [4.69, 9.17) is 16.3 Å². The lowest BCUT2D eigenvalue weighted by molar-refractivity contribution is 0.0162. The molecular weight excluding hydrogens is 324 g/mol. The monoisotopic (exact) mass is 344 g/mol. The molecule has 1 aliphatic rings. The number of hydrogen-bond donors (Lipinski definition) is 1. The summed E-state index contributed by atoms with van der Waals surface area (Å²) in [4.78, 5) is 14.7. The van der Waals surface area contributed by atoms with Crippen molar-refractivity contribution < 1.29 is 9.53 Å². The molecule has 0 bridgehead atoms. The van der Waals surface area contributed by atoms with Gasteiger partial charge in [-0.1, -0.05) is 41.9 Å². The van der Waals surface area contributed by atoms with Gasteiger partial charge in [0.05, 0.1) is 19.3 Å². The van der Waals surface area contributed by atoms with Crippen molar-refractivity contribution in [1.29, 1.82) is 0 Å². The van der Waals surface area contributed by atoms with E-state index in [9.17, 15) is 4.79 Å². The molecule has 1 atom stereocenters. The van der Waals surface area contributed by atoms with Crippen molar-refractivity contribution in [2.75, 3.05) is 32.8 Å². The zero-order chi connectivity index (χ0) is 16.8. The molecule has 0 aromatic heterocycles. The van der Waals surface area contributed by atoms with Gasteiger partial charge < -0.3 is 10.1 Å². The molecule has 2 aromatic carbocycles. The Morgan fingerprint density at radius 1 is 1.08 bits per heavy atom. The van der Waals surface area contributed by atoms with Crippen LogP contribution in [-0.2, 0) is 4.74 Å². The number of morpholine rings is 1. The topological polar surface area (TPSA) is 41.6 Å². The fourth-order valence-corrected chi connectivity index (χ4v) is 3.04. The van der Waals surface area contributed by atoms with Gasteiger partial charge in [0, 0.05) is 30.2 Å². The molecule has 0 saturated carbocycles. The summed E-state index contributed by atoms with van der Waals surface area (Å²) < 4.78 is 5.45. The van der Waals surface area contributed by atoms with Gasteiger partial charge in [0.15, 0.2) is 0 Å². The lowest BCUT2D eigenvalue weighted by Gasteiger charge is -2.35. The summed E-state index contributed by atoms with van der Waals surface area (Å²) >= 11 is 5.88. The number of halogens is 1. The highest BCUT2D eigenvalue weighted by Gasteiger charge is 2.23. The molecule has 1 N–H and O–H groups in total. The first-order valence-electron chi connectivity index (χ1n) is 8.14. The van der Waals surface area contributed by atoms with E-state index >= 15 is 0 Å². The quantitative estimate of drug-likeness (QED) is 0.906. The molecule has 1 fully saturated rings. The van der Waals surface area contributed by atoms with E-state index in [1.54, 1.807) is 24.3 Å². The summed E-state index contributed by atoms with van der Waals surface area (Å²) in [6.07, 6.45) is 0. The van der Waals surface area contributed by atoms with Gasteiger partial charge in [-0.05, 0) is 29.8 Å². The fraction of sp³-hybridized carbons (Fsp3) is 0.316. The average molecular weight is 345 g/mol. The predicted octanol–water partition coefficient (Wildman–Crippen LogP) is 3.14. The van der Waals surface area contributed by atoms with Crippen molar-refractivity contribution in [3.63, 3.8) is 0 Å². The molecule has 126 valence electrons. The van der Waals surface area contributed by atoms with Gasteiger partial charge in [-0.2, -0.15) is 0 Å². The Bertz CT molecular complexity index is 655. The van der Waals surface area contributed by atoms with Gasteiger partial charge in [-0.15, -0.1) is 0 Å². The molecule has 3 rings (SSSR count). The number of hydrogen-bond acceptors (Lipinski definition) is 3. The van der Waals surface area contributed by atoms with Crippen molar-refractivity contribution in [3.05, 3.63) is 70.7 Å². The Morgan fingerprint density at radius 3 is 2.42 bits per heavy atom. The van der Waals surface area contributed by atoms with Gasteiger partial charge in [0.25, 0.3) is 5.91 Å². The van der Waals surface area contributed by atoms with Gasteiger partial charge in [0.2, 0.25) is 0 Å². The Kier molecular flexibility index (Phi) is 5.86. The number of carbonyl (C=O) groups is 1. The molecule has 1 heterocycles. The second-order valence-electron chi connectivity index (χ2n) is 5.79. The van der Waals surface area contributed by atoms with Crippen molar-refractivity contribution in [2.24, 2.45) is 0 Å². The van der Waals surface area contributed by atoms with Crippen molar-refractivity contribution in [1.82, 2.24) is 10.2 Å². The molecule has 24 heavy (non-hydrogen) atoms. The van der Waals surface area contributed by atoms with Gasteiger partial charge >= 0.3 is 0 Å². The third-order valence-electron chi connectivity index (χ3n) is 4.23. The van der Waals surface area contributed by atoms with Crippen molar-refractivity contribution >= 4 is 17.5 Å². The molecule has 1 unspecified atom stereocenters. The molecule has 5 heteroatoms. The van der Waals surface area contributed by atoms with E-state index in [0.29, 0.717) is 17.1 Å². The minimum Gasteiger partial charge on any atom is -0.379 e.